The molecule has 3 saturated heterocycles. The molecule has 0 amide bonds. The van der Waals surface area contributed by atoms with Crippen molar-refractivity contribution in [2.24, 2.45) is 11.3 Å². The summed E-state index contributed by atoms with van der Waals surface area (Å²) in [7, 11) is 1.75. The van der Waals surface area contributed by atoms with E-state index < -0.39 is 24.3 Å². The SMILES string of the molecule is COc1cccc(CN2CCC3(CCN(CC4CCOC4)CC3)C2)c1.O=C(O)C(F)(F)F.O=C(O)C(F)(F)F. The van der Waals surface area contributed by atoms with Gasteiger partial charge < -0.3 is 24.6 Å². The molecular weight excluding hydrogens is 538 g/mol. The summed E-state index contributed by atoms with van der Waals surface area (Å²) in [6.07, 6.45) is -4.79. The lowest BCUT2D eigenvalue weighted by Crippen LogP contribution is -2.43. The first-order valence-corrected chi connectivity index (χ1v) is 12.4. The highest BCUT2D eigenvalue weighted by Gasteiger charge is 2.41. The Hall–Kier alpha value is -2.58. The number of carbonyl (C=O) groups is 2. The second-order valence-corrected chi connectivity index (χ2v) is 9.95. The van der Waals surface area contributed by atoms with Gasteiger partial charge in [0.15, 0.2) is 0 Å². The van der Waals surface area contributed by atoms with Crippen LogP contribution in [-0.2, 0) is 20.9 Å². The van der Waals surface area contributed by atoms with E-state index in [0.29, 0.717) is 5.41 Å². The van der Waals surface area contributed by atoms with Gasteiger partial charge in [-0.25, -0.2) is 9.59 Å². The Morgan fingerprint density at radius 3 is 2.00 bits per heavy atom. The number of halogens is 6. The van der Waals surface area contributed by atoms with Gasteiger partial charge in [0.05, 0.1) is 13.7 Å². The molecule has 8 nitrogen and oxygen atoms in total. The summed E-state index contributed by atoms with van der Waals surface area (Å²) in [6.45, 7) is 9.34. The van der Waals surface area contributed by atoms with Crippen LogP contribution in [0.4, 0.5) is 26.3 Å². The maximum atomic E-state index is 10.6. The highest BCUT2D eigenvalue weighted by Crippen LogP contribution is 2.41. The zero-order valence-corrected chi connectivity index (χ0v) is 21.6. The third kappa shape index (κ3) is 11.2. The van der Waals surface area contributed by atoms with Crippen LogP contribution in [-0.4, -0.2) is 97.4 Å². The lowest BCUT2D eigenvalue weighted by molar-refractivity contribution is -0.193. The molecule has 3 heterocycles. The molecule has 0 bridgehead atoms. The monoisotopic (exact) mass is 572 g/mol. The fourth-order valence-electron chi connectivity index (χ4n) is 4.90. The summed E-state index contributed by atoms with van der Waals surface area (Å²) >= 11 is 0. The van der Waals surface area contributed by atoms with E-state index >= 15 is 0 Å². The van der Waals surface area contributed by atoms with Crippen LogP contribution in [0.2, 0.25) is 0 Å². The minimum absolute atomic E-state index is 0.571. The minimum Gasteiger partial charge on any atom is -0.497 e. The number of alkyl halides is 6. The Bertz CT molecular complexity index is 904. The van der Waals surface area contributed by atoms with Gasteiger partial charge in [0.1, 0.15) is 5.75 Å². The summed E-state index contributed by atoms with van der Waals surface area (Å²) in [5.74, 6) is -3.77. The van der Waals surface area contributed by atoms with Gasteiger partial charge in [-0.2, -0.15) is 26.3 Å². The maximum absolute atomic E-state index is 10.6. The van der Waals surface area contributed by atoms with Crippen molar-refractivity contribution in [3.05, 3.63) is 29.8 Å². The predicted molar refractivity (Wildman–Crippen MR) is 127 cm³/mol. The van der Waals surface area contributed by atoms with E-state index in [4.69, 9.17) is 29.3 Å². The number of ether oxygens (including phenoxy) is 2. The van der Waals surface area contributed by atoms with Gasteiger partial charge in [-0.1, -0.05) is 12.1 Å². The number of methoxy groups -OCH3 is 1. The zero-order valence-electron chi connectivity index (χ0n) is 21.6. The Balaban J connectivity index is 0.000000317. The van der Waals surface area contributed by atoms with Gasteiger partial charge >= 0.3 is 24.3 Å². The summed E-state index contributed by atoms with van der Waals surface area (Å²) in [6, 6.07) is 8.53. The quantitative estimate of drug-likeness (QED) is 0.505. The number of carboxylic acids is 2. The van der Waals surface area contributed by atoms with Crippen LogP contribution in [0.3, 0.4) is 0 Å². The fraction of sp³-hybridized carbons (Fsp3) is 0.680. The highest BCUT2D eigenvalue weighted by atomic mass is 19.4. The average molecular weight is 573 g/mol. The molecule has 1 spiro atoms. The third-order valence-electron chi connectivity index (χ3n) is 7.00. The molecule has 0 saturated carbocycles. The number of piperidine rings is 1. The number of rotatable bonds is 5. The lowest BCUT2D eigenvalue weighted by atomic mass is 9.77. The largest absolute Gasteiger partial charge is 0.497 e. The first-order valence-electron chi connectivity index (χ1n) is 12.4. The van der Waals surface area contributed by atoms with Gasteiger partial charge in [-0.05, 0) is 74.3 Å². The van der Waals surface area contributed by atoms with E-state index in [9.17, 15) is 26.3 Å². The number of nitrogens with zero attached hydrogens (tertiary/aromatic N) is 2. The van der Waals surface area contributed by atoms with E-state index in [1.165, 1.54) is 64.0 Å². The van der Waals surface area contributed by atoms with Gasteiger partial charge in [0.2, 0.25) is 0 Å². The molecule has 3 aliphatic heterocycles. The molecule has 1 aromatic carbocycles. The second kappa shape index (κ2) is 14.2. The van der Waals surface area contributed by atoms with Crippen LogP contribution in [0.15, 0.2) is 24.3 Å². The van der Waals surface area contributed by atoms with Gasteiger partial charge in [-0.15, -0.1) is 0 Å². The van der Waals surface area contributed by atoms with Crippen LogP contribution in [0.5, 0.6) is 5.75 Å². The smallest absolute Gasteiger partial charge is 0.490 e. The standard InChI is InChI=1S/C21H32N2O2.2C2HF3O2/c1-24-20-4-2-3-18(13-20)14-23-11-8-21(17-23)6-9-22(10-7-21)15-19-5-12-25-16-19;2*3-2(4,5)1(6)7/h2-4,13,19H,5-12,14-17H2,1H3;2*(H,6,7). The number of carboxylic acid groups (broad SMARTS) is 2. The average Bonchev–Trinajstić information content (AvgIpc) is 3.51. The van der Waals surface area contributed by atoms with Crippen LogP contribution >= 0.6 is 0 Å². The van der Waals surface area contributed by atoms with E-state index in [2.05, 4.69) is 28.0 Å². The van der Waals surface area contributed by atoms with Gasteiger partial charge in [-0.3, -0.25) is 4.90 Å². The van der Waals surface area contributed by atoms with Crippen molar-refractivity contribution in [1.29, 1.82) is 0 Å². The van der Waals surface area contributed by atoms with E-state index in [1.807, 2.05) is 6.07 Å². The van der Waals surface area contributed by atoms with Crippen molar-refractivity contribution in [3.63, 3.8) is 0 Å². The number of hydrogen-bond acceptors (Lipinski definition) is 6. The van der Waals surface area contributed by atoms with E-state index in [1.54, 1.807) is 7.11 Å². The number of hydrogen-bond donors (Lipinski definition) is 2. The molecule has 222 valence electrons. The van der Waals surface area contributed by atoms with Crippen molar-refractivity contribution >= 4 is 11.9 Å². The van der Waals surface area contributed by atoms with Gasteiger partial charge in [0, 0.05) is 26.2 Å². The van der Waals surface area contributed by atoms with Crippen molar-refractivity contribution in [2.45, 2.75) is 44.6 Å². The molecular formula is C25H34F6N2O6. The number of benzene rings is 1. The highest BCUT2D eigenvalue weighted by molar-refractivity contribution is 5.73. The summed E-state index contributed by atoms with van der Waals surface area (Å²) in [4.78, 5) is 23.1. The molecule has 3 fully saturated rings. The summed E-state index contributed by atoms with van der Waals surface area (Å²) in [5, 5.41) is 14.2. The molecule has 1 atom stereocenters. The molecule has 39 heavy (non-hydrogen) atoms. The fourth-order valence-corrected chi connectivity index (χ4v) is 4.90. The lowest BCUT2D eigenvalue weighted by Gasteiger charge is -2.40. The molecule has 0 radical (unpaired) electrons. The van der Waals surface area contributed by atoms with Crippen LogP contribution in [0.1, 0.15) is 31.2 Å². The van der Waals surface area contributed by atoms with Crippen LogP contribution in [0, 0.1) is 11.3 Å². The molecule has 4 rings (SSSR count). The molecule has 3 aliphatic rings. The van der Waals surface area contributed by atoms with Crippen molar-refractivity contribution in [1.82, 2.24) is 9.80 Å². The van der Waals surface area contributed by atoms with E-state index in [-0.39, 0.29) is 0 Å². The Labute approximate surface area is 222 Å². The first kappa shape index (κ1) is 32.6. The number of likely N-dealkylation sites (tertiary alicyclic amines) is 2. The van der Waals surface area contributed by atoms with Gasteiger partial charge in [0.25, 0.3) is 0 Å². The second-order valence-electron chi connectivity index (χ2n) is 9.95. The number of aliphatic carboxylic acids is 2. The summed E-state index contributed by atoms with van der Waals surface area (Å²) < 4.78 is 74.4. The molecule has 2 N–H and O–H groups in total. The van der Waals surface area contributed by atoms with Crippen molar-refractivity contribution < 1.29 is 55.6 Å². The third-order valence-corrected chi connectivity index (χ3v) is 7.00. The predicted octanol–water partition coefficient (Wildman–Crippen LogP) is 4.29. The molecule has 1 aromatic rings. The molecule has 0 aromatic heterocycles. The van der Waals surface area contributed by atoms with Crippen LogP contribution < -0.4 is 4.74 Å². The normalized spacial score (nSPS) is 21.5. The topological polar surface area (TPSA) is 99.5 Å². The van der Waals surface area contributed by atoms with Crippen molar-refractivity contribution in [3.8, 4) is 5.75 Å². The Kier molecular flexibility index (Phi) is 11.9. The minimum atomic E-state index is -5.08. The summed E-state index contributed by atoms with van der Waals surface area (Å²) in [5.41, 5.74) is 1.94. The Morgan fingerprint density at radius 2 is 1.54 bits per heavy atom. The van der Waals surface area contributed by atoms with Crippen LogP contribution in [0.25, 0.3) is 0 Å². The van der Waals surface area contributed by atoms with E-state index in [0.717, 1.165) is 31.4 Å². The first-order chi connectivity index (χ1) is 18.1. The molecule has 14 heteroatoms. The Morgan fingerprint density at radius 1 is 1.00 bits per heavy atom. The molecule has 0 aliphatic carbocycles. The zero-order chi connectivity index (χ0) is 29.3. The van der Waals surface area contributed by atoms with Crippen molar-refractivity contribution in [2.75, 3.05) is 53.0 Å². The maximum Gasteiger partial charge on any atom is 0.490 e. The molecule has 1 unspecified atom stereocenters.